The minimum absolute atomic E-state index is 0.230. The number of benzene rings is 1. The molecule has 0 unspecified atom stereocenters. The third kappa shape index (κ3) is 3.31. The Morgan fingerprint density at radius 1 is 1.25 bits per heavy atom. The van der Waals surface area contributed by atoms with Crippen molar-refractivity contribution in [2.24, 2.45) is 5.84 Å². The molecule has 0 bridgehead atoms. The van der Waals surface area contributed by atoms with Crippen molar-refractivity contribution in [1.82, 2.24) is 4.98 Å². The molecule has 1 aromatic carbocycles. The third-order valence-electron chi connectivity index (χ3n) is 2.75. The van der Waals surface area contributed by atoms with Gasteiger partial charge in [0.15, 0.2) is 11.5 Å². The first-order chi connectivity index (χ1) is 9.63. The van der Waals surface area contributed by atoms with Crippen molar-refractivity contribution in [2.75, 3.05) is 12.5 Å². The van der Waals surface area contributed by atoms with E-state index in [1.807, 2.05) is 25.1 Å². The quantitative estimate of drug-likeness (QED) is 0.655. The average molecular weight is 294 g/mol. The molecule has 20 heavy (non-hydrogen) atoms. The number of aromatic nitrogens is 1. The van der Waals surface area contributed by atoms with Crippen LogP contribution in [0.2, 0.25) is 5.02 Å². The molecule has 0 aliphatic heterocycles. The zero-order chi connectivity index (χ0) is 14.5. The van der Waals surface area contributed by atoms with E-state index in [-0.39, 0.29) is 6.61 Å². The van der Waals surface area contributed by atoms with E-state index in [2.05, 4.69) is 10.4 Å². The highest BCUT2D eigenvalue weighted by molar-refractivity contribution is 6.31. The number of hydrogen-bond acceptors (Lipinski definition) is 5. The molecule has 3 N–H and O–H groups in total. The molecule has 0 spiro atoms. The van der Waals surface area contributed by atoms with E-state index >= 15 is 0 Å². The molecule has 0 amide bonds. The van der Waals surface area contributed by atoms with Crippen LogP contribution in [-0.2, 0) is 6.61 Å². The number of hydrazine groups is 1. The highest BCUT2D eigenvalue weighted by atomic mass is 35.5. The van der Waals surface area contributed by atoms with Gasteiger partial charge in [0.1, 0.15) is 12.4 Å². The smallest absolute Gasteiger partial charge is 0.161 e. The fourth-order valence-corrected chi connectivity index (χ4v) is 1.87. The number of rotatable bonds is 5. The number of pyridine rings is 1. The Bertz CT molecular complexity index is 605. The summed E-state index contributed by atoms with van der Waals surface area (Å²) in [4.78, 5) is 4.25. The van der Waals surface area contributed by atoms with Crippen molar-refractivity contribution in [2.45, 2.75) is 13.5 Å². The van der Waals surface area contributed by atoms with Crippen LogP contribution in [0.3, 0.4) is 0 Å². The van der Waals surface area contributed by atoms with Crippen LogP contribution in [0.25, 0.3) is 0 Å². The van der Waals surface area contributed by atoms with Gasteiger partial charge in [-0.15, -0.1) is 0 Å². The largest absolute Gasteiger partial charge is 0.493 e. The van der Waals surface area contributed by atoms with E-state index in [0.717, 1.165) is 5.56 Å². The Hall–Kier alpha value is -1.98. The highest BCUT2D eigenvalue weighted by Gasteiger charge is 2.08. The number of methoxy groups -OCH3 is 1. The minimum atomic E-state index is 0.230. The van der Waals surface area contributed by atoms with Crippen LogP contribution >= 0.6 is 11.6 Å². The first kappa shape index (κ1) is 14.4. The van der Waals surface area contributed by atoms with Crippen molar-refractivity contribution in [3.63, 3.8) is 0 Å². The standard InChI is InChI=1S/C14H16ClN3O2/c1-9-3-5-12(13(7-9)19-2)20-8-11-10(15)4-6-14(17-11)18-16/h3-7H,8,16H2,1-2H3,(H,17,18). The summed E-state index contributed by atoms with van der Waals surface area (Å²) in [6.07, 6.45) is 0. The monoisotopic (exact) mass is 293 g/mol. The van der Waals surface area contributed by atoms with Crippen molar-refractivity contribution >= 4 is 17.4 Å². The molecule has 0 aliphatic rings. The summed E-state index contributed by atoms with van der Waals surface area (Å²) in [6, 6.07) is 9.12. The number of halogens is 1. The number of aryl methyl sites for hydroxylation is 1. The van der Waals surface area contributed by atoms with Crippen molar-refractivity contribution < 1.29 is 9.47 Å². The summed E-state index contributed by atoms with van der Waals surface area (Å²) in [5, 5.41) is 0.523. The average Bonchev–Trinajstić information content (AvgIpc) is 2.47. The van der Waals surface area contributed by atoms with Crippen molar-refractivity contribution in [3.8, 4) is 11.5 Å². The lowest BCUT2D eigenvalue weighted by atomic mass is 10.2. The SMILES string of the molecule is COc1cc(C)ccc1OCc1nc(NN)ccc1Cl. The van der Waals surface area contributed by atoms with Gasteiger partial charge < -0.3 is 14.9 Å². The second kappa shape index (κ2) is 6.45. The Kier molecular flexibility index (Phi) is 4.65. The molecule has 1 heterocycles. The van der Waals surface area contributed by atoms with Crippen LogP contribution < -0.4 is 20.7 Å². The van der Waals surface area contributed by atoms with Gasteiger partial charge in [0.05, 0.1) is 17.8 Å². The fraction of sp³-hybridized carbons (Fsp3) is 0.214. The van der Waals surface area contributed by atoms with E-state index in [4.69, 9.17) is 26.9 Å². The Morgan fingerprint density at radius 2 is 2.05 bits per heavy atom. The lowest BCUT2D eigenvalue weighted by Gasteiger charge is -2.12. The van der Waals surface area contributed by atoms with E-state index in [1.165, 1.54) is 0 Å². The molecule has 0 atom stereocenters. The zero-order valence-corrected chi connectivity index (χ0v) is 12.1. The van der Waals surface area contributed by atoms with Crippen LogP contribution in [-0.4, -0.2) is 12.1 Å². The summed E-state index contributed by atoms with van der Waals surface area (Å²) in [7, 11) is 1.60. The number of nitrogens with two attached hydrogens (primary N) is 1. The fourth-order valence-electron chi connectivity index (χ4n) is 1.71. The molecule has 106 valence electrons. The molecule has 0 saturated carbocycles. The number of nitrogen functional groups attached to an aromatic ring is 1. The summed E-state index contributed by atoms with van der Waals surface area (Å²) < 4.78 is 11.0. The van der Waals surface area contributed by atoms with Gasteiger partial charge in [0, 0.05) is 0 Å². The van der Waals surface area contributed by atoms with E-state index < -0.39 is 0 Å². The lowest BCUT2D eigenvalue weighted by molar-refractivity contribution is 0.281. The van der Waals surface area contributed by atoms with Gasteiger partial charge >= 0.3 is 0 Å². The second-order valence-corrected chi connectivity index (χ2v) is 4.62. The predicted molar refractivity (Wildman–Crippen MR) is 79.1 cm³/mol. The van der Waals surface area contributed by atoms with E-state index in [1.54, 1.807) is 19.2 Å². The first-order valence-corrected chi connectivity index (χ1v) is 6.41. The maximum Gasteiger partial charge on any atom is 0.161 e. The zero-order valence-electron chi connectivity index (χ0n) is 11.3. The summed E-state index contributed by atoms with van der Waals surface area (Å²) in [5.74, 6) is 7.17. The molecule has 2 rings (SSSR count). The molecular weight excluding hydrogens is 278 g/mol. The van der Waals surface area contributed by atoms with Crippen LogP contribution in [0.5, 0.6) is 11.5 Å². The van der Waals surface area contributed by atoms with E-state index in [0.29, 0.717) is 28.0 Å². The van der Waals surface area contributed by atoms with Crippen molar-refractivity contribution in [3.05, 3.63) is 46.6 Å². The highest BCUT2D eigenvalue weighted by Crippen LogP contribution is 2.29. The first-order valence-electron chi connectivity index (χ1n) is 6.03. The van der Waals surface area contributed by atoms with Gasteiger partial charge in [0.2, 0.25) is 0 Å². The molecule has 6 heteroatoms. The molecule has 0 fully saturated rings. The third-order valence-corrected chi connectivity index (χ3v) is 3.09. The lowest BCUT2D eigenvalue weighted by Crippen LogP contribution is -2.10. The molecule has 5 nitrogen and oxygen atoms in total. The van der Waals surface area contributed by atoms with Crippen LogP contribution in [0.1, 0.15) is 11.3 Å². The van der Waals surface area contributed by atoms with Gasteiger partial charge in [-0.2, -0.15) is 0 Å². The van der Waals surface area contributed by atoms with Gasteiger partial charge in [-0.05, 0) is 36.8 Å². The molecule has 0 saturated heterocycles. The van der Waals surface area contributed by atoms with Crippen LogP contribution in [0, 0.1) is 6.92 Å². The number of hydrogen-bond donors (Lipinski definition) is 2. The molecule has 0 radical (unpaired) electrons. The Morgan fingerprint density at radius 3 is 2.75 bits per heavy atom. The van der Waals surface area contributed by atoms with Gasteiger partial charge in [0.25, 0.3) is 0 Å². The number of nitrogens with zero attached hydrogens (tertiary/aromatic N) is 1. The van der Waals surface area contributed by atoms with Gasteiger partial charge in [-0.25, -0.2) is 10.8 Å². The Labute approximate surface area is 122 Å². The Balaban J connectivity index is 2.16. The second-order valence-electron chi connectivity index (χ2n) is 4.21. The normalized spacial score (nSPS) is 10.2. The van der Waals surface area contributed by atoms with Crippen LogP contribution in [0.15, 0.2) is 30.3 Å². The molecule has 1 aromatic heterocycles. The topological polar surface area (TPSA) is 69.4 Å². The number of anilines is 1. The molecule has 2 aromatic rings. The van der Waals surface area contributed by atoms with Crippen LogP contribution in [0.4, 0.5) is 5.82 Å². The maximum absolute atomic E-state index is 6.08. The minimum Gasteiger partial charge on any atom is -0.493 e. The van der Waals surface area contributed by atoms with E-state index in [9.17, 15) is 0 Å². The summed E-state index contributed by atoms with van der Waals surface area (Å²) in [6.45, 7) is 2.22. The number of nitrogens with one attached hydrogen (secondary N) is 1. The summed E-state index contributed by atoms with van der Waals surface area (Å²) >= 11 is 6.08. The van der Waals surface area contributed by atoms with Crippen molar-refractivity contribution in [1.29, 1.82) is 0 Å². The molecule has 0 aliphatic carbocycles. The predicted octanol–water partition coefficient (Wildman–Crippen LogP) is 2.92. The maximum atomic E-state index is 6.08. The molecular formula is C14H16ClN3O2. The van der Waals surface area contributed by atoms with Gasteiger partial charge in [-0.3, -0.25) is 0 Å². The number of ether oxygens (including phenoxy) is 2. The summed E-state index contributed by atoms with van der Waals surface area (Å²) in [5.41, 5.74) is 4.17. The van der Waals surface area contributed by atoms with Gasteiger partial charge in [-0.1, -0.05) is 17.7 Å².